The zero-order chi connectivity index (χ0) is 10.7. The van der Waals surface area contributed by atoms with Crippen LogP contribution in [0.3, 0.4) is 0 Å². The first-order valence-electron chi connectivity index (χ1n) is 4.46. The van der Waals surface area contributed by atoms with Gasteiger partial charge in [0.15, 0.2) is 0 Å². The van der Waals surface area contributed by atoms with Crippen LogP contribution in [-0.2, 0) is 0 Å². The van der Waals surface area contributed by atoms with E-state index in [4.69, 9.17) is 5.73 Å². The molecule has 1 aromatic carbocycles. The number of aromatic nitrogens is 1. The molecule has 0 spiro atoms. The zero-order valence-corrected chi connectivity index (χ0v) is 7.92. The standard InChI is InChI=1S/C11H9N3O/c12-11-6-2-5-10(13-11)8-3-1-4-9(7-8)14-15/h1-7H,(H2,12,13). The molecule has 2 aromatic rings. The number of hydrogen-bond donors (Lipinski definition) is 1. The quantitative estimate of drug-likeness (QED) is 0.756. The summed E-state index contributed by atoms with van der Waals surface area (Å²) in [7, 11) is 0. The molecule has 2 N–H and O–H groups in total. The van der Waals surface area contributed by atoms with Crippen LogP contribution in [0.25, 0.3) is 11.3 Å². The second kappa shape index (κ2) is 3.88. The maximum atomic E-state index is 10.4. The van der Waals surface area contributed by atoms with Gasteiger partial charge in [0.25, 0.3) is 0 Å². The first kappa shape index (κ1) is 9.33. The normalized spacial score (nSPS) is 9.87. The maximum Gasteiger partial charge on any atom is 0.124 e. The fourth-order valence-electron chi connectivity index (χ4n) is 1.33. The van der Waals surface area contributed by atoms with E-state index < -0.39 is 0 Å². The Bertz CT molecular complexity index is 497. The maximum absolute atomic E-state index is 10.4. The Morgan fingerprint density at radius 1 is 1.13 bits per heavy atom. The molecule has 15 heavy (non-hydrogen) atoms. The number of anilines is 1. The molecule has 1 heterocycles. The lowest BCUT2D eigenvalue weighted by atomic mass is 10.1. The van der Waals surface area contributed by atoms with Crippen molar-refractivity contribution in [3.8, 4) is 11.3 Å². The third-order valence-electron chi connectivity index (χ3n) is 2.02. The van der Waals surface area contributed by atoms with E-state index in [1.54, 1.807) is 24.3 Å². The summed E-state index contributed by atoms with van der Waals surface area (Å²) in [6, 6.07) is 12.3. The molecular weight excluding hydrogens is 190 g/mol. The van der Waals surface area contributed by atoms with Crippen LogP contribution in [0.15, 0.2) is 47.6 Å². The minimum Gasteiger partial charge on any atom is -0.384 e. The molecule has 0 bridgehead atoms. The van der Waals surface area contributed by atoms with Crippen molar-refractivity contribution in [1.82, 2.24) is 4.98 Å². The summed E-state index contributed by atoms with van der Waals surface area (Å²) in [5.41, 5.74) is 7.53. The molecule has 0 saturated carbocycles. The van der Waals surface area contributed by atoms with E-state index in [1.807, 2.05) is 18.2 Å². The second-order valence-corrected chi connectivity index (χ2v) is 3.09. The lowest BCUT2D eigenvalue weighted by Gasteiger charge is -2.01. The van der Waals surface area contributed by atoms with E-state index in [2.05, 4.69) is 10.2 Å². The summed E-state index contributed by atoms with van der Waals surface area (Å²) >= 11 is 0. The molecule has 0 amide bonds. The molecule has 0 fully saturated rings. The first-order valence-corrected chi connectivity index (χ1v) is 4.46. The van der Waals surface area contributed by atoms with Gasteiger partial charge in [0.1, 0.15) is 11.5 Å². The molecule has 1 aromatic heterocycles. The van der Waals surface area contributed by atoms with Crippen LogP contribution in [0.5, 0.6) is 0 Å². The summed E-state index contributed by atoms with van der Waals surface area (Å²) in [6.07, 6.45) is 0. The highest BCUT2D eigenvalue weighted by atomic mass is 16.3. The molecule has 0 aliphatic rings. The number of pyridine rings is 1. The summed E-state index contributed by atoms with van der Waals surface area (Å²) in [6.45, 7) is 0. The minimum absolute atomic E-state index is 0.386. The largest absolute Gasteiger partial charge is 0.384 e. The Balaban J connectivity index is 2.49. The Hall–Kier alpha value is -2.23. The van der Waals surface area contributed by atoms with Gasteiger partial charge in [-0.1, -0.05) is 18.2 Å². The Kier molecular flexibility index (Phi) is 2.41. The molecule has 2 rings (SSSR count). The molecule has 0 saturated heterocycles. The van der Waals surface area contributed by atoms with Crippen molar-refractivity contribution >= 4 is 11.5 Å². The van der Waals surface area contributed by atoms with Crippen molar-refractivity contribution in [1.29, 1.82) is 0 Å². The van der Waals surface area contributed by atoms with Gasteiger partial charge < -0.3 is 5.73 Å². The van der Waals surface area contributed by atoms with Gasteiger partial charge >= 0.3 is 0 Å². The van der Waals surface area contributed by atoms with Gasteiger partial charge in [-0.15, -0.1) is 4.91 Å². The van der Waals surface area contributed by atoms with Gasteiger partial charge in [0.2, 0.25) is 0 Å². The number of nitrogens with two attached hydrogens (primary N) is 1. The highest BCUT2D eigenvalue weighted by Gasteiger charge is 2.00. The van der Waals surface area contributed by atoms with Crippen molar-refractivity contribution < 1.29 is 0 Å². The van der Waals surface area contributed by atoms with Crippen LogP contribution in [-0.4, -0.2) is 4.98 Å². The molecule has 4 heteroatoms. The van der Waals surface area contributed by atoms with Crippen LogP contribution in [0.1, 0.15) is 0 Å². The predicted molar refractivity (Wildman–Crippen MR) is 59.5 cm³/mol. The zero-order valence-electron chi connectivity index (χ0n) is 7.92. The SMILES string of the molecule is Nc1cccc(-c2cccc(N=O)c2)n1. The fourth-order valence-corrected chi connectivity index (χ4v) is 1.33. The van der Waals surface area contributed by atoms with E-state index in [0.29, 0.717) is 11.5 Å². The van der Waals surface area contributed by atoms with Crippen molar-refractivity contribution in [2.24, 2.45) is 5.18 Å². The van der Waals surface area contributed by atoms with Gasteiger partial charge in [-0.25, -0.2) is 4.98 Å². The van der Waals surface area contributed by atoms with Crippen LogP contribution in [0.2, 0.25) is 0 Å². The molecule has 0 radical (unpaired) electrons. The van der Waals surface area contributed by atoms with Crippen molar-refractivity contribution in [3.05, 3.63) is 47.4 Å². The highest BCUT2D eigenvalue weighted by molar-refractivity contribution is 5.64. The monoisotopic (exact) mass is 199 g/mol. The van der Waals surface area contributed by atoms with Crippen LogP contribution < -0.4 is 5.73 Å². The molecule has 0 aliphatic heterocycles. The smallest absolute Gasteiger partial charge is 0.124 e. The summed E-state index contributed by atoms with van der Waals surface area (Å²) in [5.74, 6) is 0.456. The van der Waals surface area contributed by atoms with E-state index in [1.165, 1.54) is 0 Å². The van der Waals surface area contributed by atoms with Gasteiger partial charge in [-0.2, -0.15) is 0 Å². The minimum atomic E-state index is 0.386. The molecule has 0 unspecified atom stereocenters. The summed E-state index contributed by atoms with van der Waals surface area (Å²) < 4.78 is 0. The molecule has 0 aliphatic carbocycles. The molecule has 74 valence electrons. The lowest BCUT2D eigenvalue weighted by molar-refractivity contribution is 1.33. The number of nitrogens with zero attached hydrogens (tertiary/aromatic N) is 2. The number of nitrogen functional groups attached to an aromatic ring is 1. The number of nitroso groups, excluding NO2 is 1. The Labute approximate surface area is 86.7 Å². The van der Waals surface area contributed by atoms with Crippen molar-refractivity contribution in [2.75, 3.05) is 5.73 Å². The van der Waals surface area contributed by atoms with E-state index in [9.17, 15) is 4.91 Å². The predicted octanol–water partition coefficient (Wildman–Crippen LogP) is 2.73. The second-order valence-electron chi connectivity index (χ2n) is 3.09. The van der Waals surface area contributed by atoms with E-state index >= 15 is 0 Å². The van der Waals surface area contributed by atoms with Crippen molar-refractivity contribution in [2.45, 2.75) is 0 Å². The molecular formula is C11H9N3O. The highest BCUT2D eigenvalue weighted by Crippen LogP contribution is 2.22. The average Bonchev–Trinajstić information content (AvgIpc) is 2.29. The van der Waals surface area contributed by atoms with Crippen LogP contribution >= 0.6 is 0 Å². The van der Waals surface area contributed by atoms with Gasteiger partial charge in [-0.3, -0.25) is 0 Å². The Morgan fingerprint density at radius 3 is 2.67 bits per heavy atom. The van der Waals surface area contributed by atoms with E-state index in [0.717, 1.165) is 11.3 Å². The van der Waals surface area contributed by atoms with Gasteiger partial charge in [0.05, 0.1) is 5.69 Å². The van der Waals surface area contributed by atoms with Crippen LogP contribution in [0.4, 0.5) is 11.5 Å². The summed E-state index contributed by atoms with van der Waals surface area (Å²) in [4.78, 5) is 14.5. The molecule has 4 nitrogen and oxygen atoms in total. The number of rotatable bonds is 2. The van der Waals surface area contributed by atoms with Crippen LogP contribution in [0, 0.1) is 4.91 Å². The third kappa shape index (κ3) is 1.99. The Morgan fingerprint density at radius 2 is 1.93 bits per heavy atom. The molecule has 0 atom stereocenters. The number of benzene rings is 1. The topological polar surface area (TPSA) is 68.3 Å². The lowest BCUT2D eigenvalue weighted by Crippen LogP contribution is -1.90. The summed E-state index contributed by atoms with van der Waals surface area (Å²) in [5, 5.41) is 2.87. The third-order valence-corrected chi connectivity index (χ3v) is 2.02. The fraction of sp³-hybridized carbons (Fsp3) is 0. The number of hydrogen-bond acceptors (Lipinski definition) is 4. The first-order chi connectivity index (χ1) is 7.29. The van der Waals surface area contributed by atoms with E-state index in [-0.39, 0.29) is 0 Å². The van der Waals surface area contributed by atoms with Gasteiger partial charge in [0, 0.05) is 5.56 Å². The average molecular weight is 199 g/mol. The van der Waals surface area contributed by atoms with Gasteiger partial charge in [-0.05, 0) is 29.4 Å². The van der Waals surface area contributed by atoms with Crippen molar-refractivity contribution in [3.63, 3.8) is 0 Å².